The number of pyridine rings is 1. The van der Waals surface area contributed by atoms with Crippen LogP contribution in [0.1, 0.15) is 6.42 Å². The number of benzene rings is 1. The molecule has 22 heavy (non-hydrogen) atoms. The fourth-order valence-corrected chi connectivity index (χ4v) is 3.11. The van der Waals surface area contributed by atoms with E-state index in [0.717, 1.165) is 11.2 Å². The van der Waals surface area contributed by atoms with Gasteiger partial charge in [-0.3, -0.25) is 4.79 Å². The molecule has 0 unspecified atom stereocenters. The highest BCUT2D eigenvalue weighted by atomic mass is 32.2. The van der Waals surface area contributed by atoms with Gasteiger partial charge in [0, 0.05) is 23.3 Å². The van der Waals surface area contributed by atoms with Gasteiger partial charge in [0.2, 0.25) is 5.91 Å². The molecule has 116 valence electrons. The summed E-state index contributed by atoms with van der Waals surface area (Å²) in [6, 6.07) is 12.8. The van der Waals surface area contributed by atoms with Crippen molar-refractivity contribution in [2.24, 2.45) is 0 Å². The molecular weight excluding hydrogens is 320 g/mol. The van der Waals surface area contributed by atoms with Crippen molar-refractivity contribution in [3.8, 4) is 0 Å². The largest absolute Gasteiger partial charge is 0.325 e. The van der Waals surface area contributed by atoms with Crippen LogP contribution in [0.3, 0.4) is 0 Å². The van der Waals surface area contributed by atoms with E-state index in [2.05, 4.69) is 10.3 Å². The van der Waals surface area contributed by atoms with Crippen LogP contribution in [-0.4, -0.2) is 31.3 Å². The van der Waals surface area contributed by atoms with Crippen molar-refractivity contribution >= 4 is 33.2 Å². The van der Waals surface area contributed by atoms with Crippen molar-refractivity contribution in [3.05, 3.63) is 48.7 Å². The van der Waals surface area contributed by atoms with Crippen LogP contribution in [0.2, 0.25) is 0 Å². The van der Waals surface area contributed by atoms with Crippen LogP contribution in [0.5, 0.6) is 0 Å². The highest BCUT2D eigenvalue weighted by Gasteiger charge is 2.09. The van der Waals surface area contributed by atoms with Crippen molar-refractivity contribution < 1.29 is 13.2 Å². The molecule has 0 fully saturated rings. The second kappa shape index (κ2) is 7.42. The van der Waals surface area contributed by atoms with Crippen molar-refractivity contribution in [3.63, 3.8) is 0 Å². The zero-order valence-corrected chi connectivity index (χ0v) is 13.7. The Labute approximate surface area is 134 Å². The number of thioether (sulfide) groups is 1. The minimum absolute atomic E-state index is 0.00914. The van der Waals surface area contributed by atoms with E-state index in [0.29, 0.717) is 17.9 Å². The van der Waals surface area contributed by atoms with Gasteiger partial charge >= 0.3 is 0 Å². The molecule has 5 nitrogen and oxygen atoms in total. The van der Waals surface area contributed by atoms with Crippen LogP contribution < -0.4 is 5.32 Å². The van der Waals surface area contributed by atoms with Crippen LogP contribution in [-0.2, 0) is 14.6 Å². The summed E-state index contributed by atoms with van der Waals surface area (Å²) in [6.45, 7) is 0. The number of aromatic nitrogens is 1. The number of hydrogen-bond acceptors (Lipinski definition) is 5. The predicted octanol–water partition coefficient (Wildman–Crippen LogP) is 2.61. The average molecular weight is 336 g/mol. The van der Waals surface area contributed by atoms with Crippen molar-refractivity contribution in [2.75, 3.05) is 17.3 Å². The first-order valence-corrected chi connectivity index (χ1v) is 9.47. The minimum Gasteiger partial charge on any atom is -0.325 e. The van der Waals surface area contributed by atoms with E-state index < -0.39 is 9.84 Å². The Balaban J connectivity index is 1.82. The monoisotopic (exact) mass is 336 g/mol. The van der Waals surface area contributed by atoms with Gasteiger partial charge in [0.25, 0.3) is 0 Å². The number of nitrogens with one attached hydrogen (secondary N) is 1. The number of carbonyl (C=O) groups is 1. The number of hydrogen-bond donors (Lipinski definition) is 1. The summed E-state index contributed by atoms with van der Waals surface area (Å²) in [7, 11) is -3.32. The number of rotatable bonds is 6. The second-order valence-corrected chi connectivity index (χ2v) is 7.75. The quantitative estimate of drug-likeness (QED) is 0.821. The number of anilines is 1. The van der Waals surface area contributed by atoms with Crippen LogP contribution in [0, 0.1) is 0 Å². The van der Waals surface area contributed by atoms with Gasteiger partial charge in [-0.05, 0) is 24.3 Å². The molecule has 2 aromatic rings. The summed E-state index contributed by atoms with van der Waals surface area (Å²) in [6.07, 6.45) is 2.81. The lowest BCUT2D eigenvalue weighted by molar-refractivity contribution is -0.115. The van der Waals surface area contributed by atoms with Gasteiger partial charge in [-0.1, -0.05) is 18.2 Å². The number of sulfone groups is 1. The van der Waals surface area contributed by atoms with Gasteiger partial charge in [0.1, 0.15) is 0 Å². The Kier molecular flexibility index (Phi) is 5.57. The maximum Gasteiger partial charge on any atom is 0.225 e. The van der Waals surface area contributed by atoms with Crippen molar-refractivity contribution in [1.29, 1.82) is 0 Å². The molecule has 0 spiro atoms. The fraction of sp³-hybridized carbons (Fsp3) is 0.200. The Morgan fingerprint density at radius 2 is 1.91 bits per heavy atom. The molecule has 1 aromatic heterocycles. The highest BCUT2D eigenvalue weighted by molar-refractivity contribution is 7.99. The summed E-state index contributed by atoms with van der Waals surface area (Å²) in [5.74, 6) is 0.544. The van der Waals surface area contributed by atoms with Crippen LogP contribution in [0.15, 0.2) is 58.6 Å². The van der Waals surface area contributed by atoms with E-state index in [1.165, 1.54) is 18.3 Å². The first-order valence-electron chi connectivity index (χ1n) is 6.59. The molecule has 0 aliphatic heterocycles. The van der Waals surface area contributed by atoms with Crippen molar-refractivity contribution in [1.82, 2.24) is 4.98 Å². The lowest BCUT2D eigenvalue weighted by Gasteiger charge is -2.05. The van der Waals surface area contributed by atoms with Gasteiger partial charge < -0.3 is 5.32 Å². The van der Waals surface area contributed by atoms with Crippen molar-refractivity contribution in [2.45, 2.75) is 16.3 Å². The molecule has 0 saturated heterocycles. The molecule has 0 aliphatic rings. The normalized spacial score (nSPS) is 11.1. The Hall–Kier alpha value is -1.86. The third kappa shape index (κ3) is 5.16. The maximum absolute atomic E-state index is 11.8. The van der Waals surface area contributed by atoms with E-state index in [4.69, 9.17) is 0 Å². The molecule has 1 heterocycles. The smallest absolute Gasteiger partial charge is 0.225 e. The number of carbonyl (C=O) groups excluding carboxylic acids is 1. The molecule has 2 rings (SSSR count). The van der Waals surface area contributed by atoms with Gasteiger partial charge in [0.15, 0.2) is 14.9 Å². The molecule has 0 saturated carbocycles. The molecule has 0 atom stereocenters. The standard InChI is InChI=1S/C15H16N2O3S2/c1-22(19,20)15-8-7-12(11-16-15)17-14(18)9-10-21-13-5-3-2-4-6-13/h2-8,11H,9-10H2,1H3,(H,17,18). The topological polar surface area (TPSA) is 76.1 Å². The first-order chi connectivity index (χ1) is 10.4. The zero-order valence-electron chi connectivity index (χ0n) is 12.0. The minimum atomic E-state index is -3.32. The van der Waals surface area contributed by atoms with Crippen LogP contribution in [0.25, 0.3) is 0 Å². The van der Waals surface area contributed by atoms with E-state index in [1.54, 1.807) is 11.8 Å². The SMILES string of the molecule is CS(=O)(=O)c1ccc(NC(=O)CCSc2ccccc2)cn1. The molecule has 1 amide bonds. The summed E-state index contributed by atoms with van der Waals surface area (Å²) in [4.78, 5) is 16.8. The van der Waals surface area contributed by atoms with Crippen LogP contribution in [0.4, 0.5) is 5.69 Å². The number of amides is 1. The average Bonchev–Trinajstić information content (AvgIpc) is 2.48. The predicted molar refractivity (Wildman–Crippen MR) is 87.8 cm³/mol. The lowest BCUT2D eigenvalue weighted by atomic mass is 10.4. The summed E-state index contributed by atoms with van der Waals surface area (Å²) < 4.78 is 22.6. The van der Waals surface area contributed by atoms with Gasteiger partial charge in [-0.2, -0.15) is 0 Å². The van der Waals surface area contributed by atoms with Gasteiger partial charge in [0.05, 0.1) is 11.9 Å². The summed E-state index contributed by atoms with van der Waals surface area (Å²) >= 11 is 1.61. The van der Waals surface area contributed by atoms with Gasteiger partial charge in [-0.15, -0.1) is 11.8 Å². The maximum atomic E-state index is 11.8. The third-order valence-electron chi connectivity index (χ3n) is 2.74. The third-order valence-corrected chi connectivity index (χ3v) is 4.76. The lowest BCUT2D eigenvalue weighted by Crippen LogP contribution is -2.12. The van der Waals surface area contributed by atoms with E-state index in [1.807, 2.05) is 30.3 Å². The Morgan fingerprint density at radius 3 is 2.50 bits per heavy atom. The first kappa shape index (κ1) is 16.5. The molecule has 0 bridgehead atoms. The van der Waals surface area contributed by atoms with E-state index in [9.17, 15) is 13.2 Å². The molecule has 1 N–H and O–H groups in total. The summed E-state index contributed by atoms with van der Waals surface area (Å²) in [5.41, 5.74) is 0.488. The number of nitrogens with zero attached hydrogens (tertiary/aromatic N) is 1. The molecule has 7 heteroatoms. The fourth-order valence-electron chi connectivity index (χ4n) is 1.68. The highest BCUT2D eigenvalue weighted by Crippen LogP contribution is 2.18. The zero-order chi connectivity index (χ0) is 16.0. The molecule has 0 radical (unpaired) electrons. The van der Waals surface area contributed by atoms with E-state index >= 15 is 0 Å². The second-order valence-electron chi connectivity index (χ2n) is 4.62. The van der Waals surface area contributed by atoms with E-state index in [-0.39, 0.29) is 10.9 Å². The Bertz CT molecular complexity index is 729. The van der Waals surface area contributed by atoms with Crippen LogP contribution >= 0.6 is 11.8 Å². The molecular formula is C15H16N2O3S2. The van der Waals surface area contributed by atoms with Gasteiger partial charge in [-0.25, -0.2) is 13.4 Å². The Morgan fingerprint density at radius 1 is 1.18 bits per heavy atom. The summed E-state index contributed by atoms with van der Waals surface area (Å²) in [5, 5.41) is 2.69. The molecule has 1 aromatic carbocycles. The molecule has 0 aliphatic carbocycles.